The van der Waals surface area contributed by atoms with Crippen molar-refractivity contribution in [1.29, 1.82) is 0 Å². The number of hydrogen-bond donors (Lipinski definition) is 1. The Kier molecular flexibility index (Phi) is 5.05. The van der Waals surface area contributed by atoms with Crippen molar-refractivity contribution in [2.45, 2.75) is 64.1 Å². The molecule has 2 N–H and O–H groups in total. The molecule has 0 aromatic carbocycles. The van der Waals surface area contributed by atoms with Crippen LogP contribution in [-0.2, 0) is 0 Å². The highest BCUT2D eigenvalue weighted by atomic mass is 15.3. The van der Waals surface area contributed by atoms with Gasteiger partial charge in [0.15, 0.2) is 0 Å². The first-order chi connectivity index (χ1) is 8.58. The van der Waals surface area contributed by atoms with Crippen LogP contribution in [0.3, 0.4) is 0 Å². The van der Waals surface area contributed by atoms with Gasteiger partial charge in [0.25, 0.3) is 0 Å². The van der Waals surface area contributed by atoms with Gasteiger partial charge < -0.3 is 5.73 Å². The van der Waals surface area contributed by atoms with Crippen molar-refractivity contribution in [1.82, 2.24) is 9.80 Å². The van der Waals surface area contributed by atoms with Crippen LogP contribution in [0.5, 0.6) is 0 Å². The average molecular weight is 253 g/mol. The summed E-state index contributed by atoms with van der Waals surface area (Å²) in [7, 11) is 2.24. The third-order valence-corrected chi connectivity index (χ3v) is 5.16. The molecule has 0 aromatic heterocycles. The summed E-state index contributed by atoms with van der Waals surface area (Å²) in [5, 5.41) is 0. The average Bonchev–Trinajstić information content (AvgIpc) is 2.37. The molecule has 1 heterocycles. The van der Waals surface area contributed by atoms with E-state index >= 15 is 0 Å². The lowest BCUT2D eigenvalue weighted by Gasteiger charge is -2.44. The zero-order chi connectivity index (χ0) is 13.1. The van der Waals surface area contributed by atoms with Gasteiger partial charge in [0.1, 0.15) is 0 Å². The fraction of sp³-hybridized carbons (Fsp3) is 1.00. The van der Waals surface area contributed by atoms with Crippen molar-refractivity contribution in [3.05, 3.63) is 0 Å². The topological polar surface area (TPSA) is 32.5 Å². The van der Waals surface area contributed by atoms with Gasteiger partial charge >= 0.3 is 0 Å². The van der Waals surface area contributed by atoms with Gasteiger partial charge in [0.05, 0.1) is 0 Å². The molecule has 0 amide bonds. The second-order valence-corrected chi connectivity index (χ2v) is 6.64. The molecule has 1 saturated heterocycles. The van der Waals surface area contributed by atoms with E-state index in [1.165, 1.54) is 45.2 Å². The highest BCUT2D eigenvalue weighted by Crippen LogP contribution is 2.26. The summed E-state index contributed by atoms with van der Waals surface area (Å²) in [6.07, 6.45) is 6.94. The Morgan fingerprint density at radius 3 is 2.17 bits per heavy atom. The minimum atomic E-state index is 0.396. The molecule has 18 heavy (non-hydrogen) atoms. The summed E-state index contributed by atoms with van der Waals surface area (Å²) in [5.41, 5.74) is 6.45. The minimum absolute atomic E-state index is 0.396. The van der Waals surface area contributed by atoms with Crippen LogP contribution in [0.1, 0.15) is 46.0 Å². The quantitative estimate of drug-likeness (QED) is 0.834. The molecule has 1 aliphatic heterocycles. The lowest BCUT2D eigenvalue weighted by molar-refractivity contribution is 0.0512. The van der Waals surface area contributed by atoms with E-state index in [4.69, 9.17) is 5.73 Å². The largest absolute Gasteiger partial charge is 0.326 e. The predicted octanol–water partition coefficient (Wildman–Crippen LogP) is 1.92. The van der Waals surface area contributed by atoms with Crippen molar-refractivity contribution in [2.24, 2.45) is 11.7 Å². The maximum Gasteiger partial charge on any atom is 0.0196 e. The molecule has 0 aromatic rings. The van der Waals surface area contributed by atoms with E-state index in [1.54, 1.807) is 0 Å². The highest BCUT2D eigenvalue weighted by Gasteiger charge is 2.29. The van der Waals surface area contributed by atoms with E-state index in [1.807, 2.05) is 0 Å². The smallest absolute Gasteiger partial charge is 0.0196 e. The Morgan fingerprint density at radius 2 is 1.61 bits per heavy atom. The third-order valence-electron chi connectivity index (χ3n) is 5.16. The van der Waals surface area contributed by atoms with Gasteiger partial charge in [-0.25, -0.2) is 0 Å². The molecule has 106 valence electrons. The molecule has 3 heteroatoms. The summed E-state index contributed by atoms with van der Waals surface area (Å²) < 4.78 is 0. The monoisotopic (exact) mass is 253 g/mol. The normalized spacial score (nSPS) is 34.7. The van der Waals surface area contributed by atoms with E-state index in [2.05, 4.69) is 30.7 Å². The summed E-state index contributed by atoms with van der Waals surface area (Å²) in [4.78, 5) is 5.08. The van der Waals surface area contributed by atoms with Crippen molar-refractivity contribution in [2.75, 3.05) is 26.7 Å². The van der Waals surface area contributed by atoms with Crippen LogP contribution in [0.2, 0.25) is 0 Å². The molecule has 0 bridgehead atoms. The van der Waals surface area contributed by atoms with Crippen LogP contribution in [0.25, 0.3) is 0 Å². The van der Waals surface area contributed by atoms with E-state index in [9.17, 15) is 0 Å². The predicted molar refractivity (Wildman–Crippen MR) is 77.7 cm³/mol. The van der Waals surface area contributed by atoms with Gasteiger partial charge in [-0.3, -0.25) is 9.80 Å². The molecule has 2 aliphatic rings. The van der Waals surface area contributed by atoms with Gasteiger partial charge in [-0.15, -0.1) is 0 Å². The van der Waals surface area contributed by atoms with Crippen LogP contribution < -0.4 is 5.73 Å². The van der Waals surface area contributed by atoms with E-state index < -0.39 is 0 Å². The highest BCUT2D eigenvalue weighted by molar-refractivity contribution is 4.86. The van der Waals surface area contributed by atoms with Gasteiger partial charge in [-0.2, -0.15) is 0 Å². The van der Waals surface area contributed by atoms with E-state index in [0.29, 0.717) is 18.1 Å². The zero-order valence-electron chi connectivity index (χ0n) is 12.4. The Bertz CT molecular complexity index is 238. The summed E-state index contributed by atoms with van der Waals surface area (Å²) >= 11 is 0. The maximum atomic E-state index is 6.45. The first-order valence-corrected chi connectivity index (χ1v) is 7.77. The first-order valence-electron chi connectivity index (χ1n) is 7.77. The van der Waals surface area contributed by atoms with Crippen LogP contribution in [0.4, 0.5) is 0 Å². The number of nitrogens with two attached hydrogens (primary N) is 1. The lowest BCUT2D eigenvalue weighted by Crippen LogP contribution is -2.57. The molecule has 2 rings (SSSR count). The fourth-order valence-corrected chi connectivity index (χ4v) is 3.67. The summed E-state index contributed by atoms with van der Waals surface area (Å²) in [6.45, 7) is 8.12. The Balaban J connectivity index is 1.81. The third kappa shape index (κ3) is 3.46. The van der Waals surface area contributed by atoms with E-state index in [-0.39, 0.29) is 0 Å². The van der Waals surface area contributed by atoms with Crippen molar-refractivity contribution < 1.29 is 0 Å². The number of piperazine rings is 1. The molecular formula is C15H31N3. The molecule has 1 aliphatic carbocycles. The van der Waals surface area contributed by atoms with Gasteiger partial charge in [0.2, 0.25) is 0 Å². The lowest BCUT2D eigenvalue weighted by atomic mass is 9.84. The van der Waals surface area contributed by atoms with Crippen molar-refractivity contribution in [3.8, 4) is 0 Å². The number of hydrogen-bond acceptors (Lipinski definition) is 3. The molecule has 1 saturated carbocycles. The number of nitrogens with zero attached hydrogens (tertiary/aromatic N) is 2. The molecule has 3 atom stereocenters. The Morgan fingerprint density at radius 1 is 1.06 bits per heavy atom. The molecule has 0 radical (unpaired) electrons. The van der Waals surface area contributed by atoms with E-state index in [0.717, 1.165) is 12.5 Å². The standard InChI is InChI=1S/C15H31N3/c1-12-9-18(10-13(2)17(12)3)11-15(16)14-7-5-4-6-8-14/h12-15H,4-11,16H2,1-3H3. The van der Waals surface area contributed by atoms with Crippen molar-refractivity contribution >= 4 is 0 Å². The number of rotatable bonds is 3. The zero-order valence-corrected chi connectivity index (χ0v) is 12.4. The van der Waals surface area contributed by atoms with Gasteiger partial charge in [-0.1, -0.05) is 19.3 Å². The molecule has 3 unspecified atom stereocenters. The fourth-order valence-electron chi connectivity index (χ4n) is 3.67. The van der Waals surface area contributed by atoms with Crippen LogP contribution >= 0.6 is 0 Å². The van der Waals surface area contributed by atoms with Crippen molar-refractivity contribution in [3.63, 3.8) is 0 Å². The number of likely N-dealkylation sites (N-methyl/N-ethyl adjacent to an activating group) is 1. The summed E-state index contributed by atoms with van der Waals surface area (Å²) in [6, 6.07) is 1.72. The second kappa shape index (κ2) is 6.36. The van der Waals surface area contributed by atoms with Gasteiger partial charge in [0, 0.05) is 37.8 Å². The van der Waals surface area contributed by atoms with Crippen LogP contribution in [0, 0.1) is 5.92 Å². The second-order valence-electron chi connectivity index (χ2n) is 6.64. The Hall–Kier alpha value is -0.120. The van der Waals surface area contributed by atoms with Gasteiger partial charge in [-0.05, 0) is 39.7 Å². The molecular weight excluding hydrogens is 222 g/mol. The SMILES string of the molecule is CC1CN(CC(N)C2CCCCC2)CC(C)N1C. The van der Waals surface area contributed by atoms with Crippen LogP contribution in [0.15, 0.2) is 0 Å². The maximum absolute atomic E-state index is 6.45. The Labute approximate surface area is 113 Å². The molecule has 3 nitrogen and oxygen atoms in total. The molecule has 2 fully saturated rings. The first kappa shape index (κ1) is 14.3. The minimum Gasteiger partial charge on any atom is -0.326 e. The summed E-state index contributed by atoms with van der Waals surface area (Å²) in [5.74, 6) is 0.781. The van der Waals surface area contributed by atoms with Crippen LogP contribution in [-0.4, -0.2) is 54.6 Å². The molecule has 0 spiro atoms.